The molecule has 10 nitrogen and oxygen atoms in total. The van der Waals surface area contributed by atoms with Gasteiger partial charge in [-0.15, -0.1) is 21.5 Å². The molecule has 216 valence electrons. The molecule has 0 bridgehead atoms. The first-order valence-corrected chi connectivity index (χ1v) is 14.8. The van der Waals surface area contributed by atoms with Gasteiger partial charge in [-0.25, -0.2) is 9.97 Å². The average Bonchev–Trinajstić information content (AvgIpc) is 3.68. The predicted molar refractivity (Wildman–Crippen MR) is 142 cm³/mol. The molecule has 4 aromatic rings. The smallest absolute Gasteiger partial charge is 0.419 e. The highest BCUT2D eigenvalue weighted by molar-refractivity contribution is 7.87. The largest absolute Gasteiger partial charge is 0.534 e. The van der Waals surface area contributed by atoms with Gasteiger partial charge in [0, 0.05) is 35.2 Å². The molecule has 0 saturated carbocycles. The Kier molecular flexibility index (Phi) is 7.83. The molecule has 1 fully saturated rings. The van der Waals surface area contributed by atoms with E-state index in [-0.39, 0.29) is 35.0 Å². The molecule has 4 heterocycles. The van der Waals surface area contributed by atoms with Crippen molar-refractivity contribution in [1.82, 2.24) is 25.1 Å². The molecule has 5 rings (SSSR count). The molecule has 0 unspecified atom stereocenters. The van der Waals surface area contributed by atoms with Crippen molar-refractivity contribution in [2.45, 2.75) is 50.6 Å². The Morgan fingerprint density at radius 3 is 2.63 bits per heavy atom. The van der Waals surface area contributed by atoms with Crippen LogP contribution in [0.5, 0.6) is 5.88 Å². The Balaban J connectivity index is 1.49. The highest BCUT2D eigenvalue weighted by Gasteiger charge is 2.49. The maximum atomic E-state index is 13.6. The van der Waals surface area contributed by atoms with E-state index in [4.69, 9.17) is 4.42 Å². The zero-order chi connectivity index (χ0) is 29.4. The van der Waals surface area contributed by atoms with Crippen LogP contribution in [0.2, 0.25) is 0 Å². The van der Waals surface area contributed by atoms with E-state index in [1.807, 2.05) is 49.6 Å². The standard InChI is InChI=1S/C26H24F3N5O5S2/c1-15(11-17-7-4-3-5-8-17)22-32-33-23(38-22)19-12-18(13-21(31-19)39-41(36,37)26(27,28)29)25(35)34-10-6-9-20(34)24-30-16(2)14-40-24/h3-5,7-8,12-15,20H,6,9-11H2,1-2H3/t15-,20+/m0/s1. The molecule has 1 aliphatic rings. The van der Waals surface area contributed by atoms with Crippen molar-refractivity contribution in [3.8, 4) is 17.5 Å². The summed E-state index contributed by atoms with van der Waals surface area (Å²) in [4.78, 5) is 23.5. The van der Waals surface area contributed by atoms with E-state index in [0.717, 1.165) is 22.3 Å². The van der Waals surface area contributed by atoms with Gasteiger partial charge < -0.3 is 13.5 Å². The second kappa shape index (κ2) is 11.2. The number of rotatable bonds is 8. The van der Waals surface area contributed by atoms with Crippen molar-refractivity contribution in [1.29, 1.82) is 0 Å². The highest BCUT2D eigenvalue weighted by atomic mass is 32.2. The maximum Gasteiger partial charge on any atom is 0.534 e. The number of hydrogen-bond donors (Lipinski definition) is 0. The Labute approximate surface area is 237 Å². The van der Waals surface area contributed by atoms with Crippen LogP contribution in [-0.2, 0) is 16.5 Å². The number of nitrogens with zero attached hydrogens (tertiary/aromatic N) is 5. The molecule has 1 saturated heterocycles. The minimum atomic E-state index is -6.07. The lowest BCUT2D eigenvalue weighted by atomic mass is 10.0. The van der Waals surface area contributed by atoms with Crippen molar-refractivity contribution in [3.05, 3.63) is 75.6 Å². The molecular weight excluding hydrogens is 583 g/mol. The van der Waals surface area contributed by atoms with E-state index in [1.54, 1.807) is 4.90 Å². The Morgan fingerprint density at radius 1 is 1.20 bits per heavy atom. The van der Waals surface area contributed by atoms with Crippen LogP contribution in [0.3, 0.4) is 0 Å². The molecule has 2 atom stereocenters. The number of thiazole rings is 1. The topological polar surface area (TPSA) is 128 Å². The molecule has 15 heteroatoms. The number of likely N-dealkylation sites (tertiary alicyclic amines) is 1. The summed E-state index contributed by atoms with van der Waals surface area (Å²) in [6.45, 7) is 4.06. The highest BCUT2D eigenvalue weighted by Crippen LogP contribution is 2.36. The normalized spacial score (nSPS) is 16.6. The van der Waals surface area contributed by atoms with Crippen molar-refractivity contribution < 1.29 is 35.0 Å². The van der Waals surface area contributed by atoms with Crippen LogP contribution < -0.4 is 4.18 Å². The van der Waals surface area contributed by atoms with Gasteiger partial charge in [0.25, 0.3) is 11.8 Å². The minimum Gasteiger partial charge on any atom is -0.419 e. The van der Waals surface area contributed by atoms with Gasteiger partial charge >= 0.3 is 15.6 Å². The van der Waals surface area contributed by atoms with Crippen LogP contribution in [0.1, 0.15) is 64.2 Å². The second-order valence-corrected chi connectivity index (χ2v) is 12.0. The summed E-state index contributed by atoms with van der Waals surface area (Å²) in [6.07, 6.45) is 1.90. The number of hydrogen-bond acceptors (Lipinski definition) is 10. The van der Waals surface area contributed by atoms with Gasteiger partial charge in [-0.05, 0) is 37.8 Å². The van der Waals surface area contributed by atoms with Crippen LogP contribution in [0.4, 0.5) is 13.2 Å². The first kappa shape index (κ1) is 28.7. The SMILES string of the molecule is Cc1csc([C@H]2CCCN2C(=O)c2cc(OS(=O)(=O)C(F)(F)F)nc(-c3nnc([C@@H](C)Cc4ccccc4)o3)c2)n1. The first-order valence-electron chi connectivity index (χ1n) is 12.5. The molecule has 3 aromatic heterocycles. The van der Waals surface area contributed by atoms with Crippen LogP contribution in [0.15, 0.2) is 52.3 Å². The fourth-order valence-electron chi connectivity index (χ4n) is 4.49. The zero-order valence-electron chi connectivity index (χ0n) is 21.8. The van der Waals surface area contributed by atoms with Gasteiger partial charge in [0.1, 0.15) is 10.7 Å². The fraction of sp³-hybridized carbons (Fsp3) is 0.346. The minimum absolute atomic E-state index is 0.153. The van der Waals surface area contributed by atoms with Crippen LogP contribution >= 0.6 is 11.3 Å². The van der Waals surface area contributed by atoms with E-state index in [2.05, 4.69) is 24.3 Å². The van der Waals surface area contributed by atoms with Gasteiger partial charge in [-0.1, -0.05) is 37.3 Å². The summed E-state index contributed by atoms with van der Waals surface area (Å²) in [5.41, 5.74) is -4.25. The second-order valence-electron chi connectivity index (χ2n) is 9.58. The Morgan fingerprint density at radius 2 is 1.95 bits per heavy atom. The molecule has 0 spiro atoms. The molecule has 1 amide bonds. The lowest BCUT2D eigenvalue weighted by molar-refractivity contribution is -0.0501. The third-order valence-corrected chi connectivity index (χ3v) is 8.45. The first-order chi connectivity index (χ1) is 19.4. The summed E-state index contributed by atoms with van der Waals surface area (Å²) < 4.78 is 72.9. The molecule has 1 aromatic carbocycles. The zero-order valence-corrected chi connectivity index (χ0v) is 23.5. The van der Waals surface area contributed by atoms with Gasteiger partial charge in [-0.2, -0.15) is 21.6 Å². The molecular formula is C26H24F3N5O5S2. The van der Waals surface area contributed by atoms with Crippen LogP contribution in [-0.4, -0.2) is 51.4 Å². The predicted octanol–water partition coefficient (Wildman–Crippen LogP) is 5.45. The summed E-state index contributed by atoms with van der Waals surface area (Å²) >= 11 is 1.40. The fourth-order valence-corrected chi connectivity index (χ4v) is 5.84. The lowest BCUT2D eigenvalue weighted by Gasteiger charge is -2.23. The molecule has 0 N–H and O–H groups in total. The third kappa shape index (κ3) is 6.25. The summed E-state index contributed by atoms with van der Waals surface area (Å²) in [5.74, 6) is -1.72. The van der Waals surface area contributed by atoms with Gasteiger partial charge in [0.05, 0.1) is 6.04 Å². The van der Waals surface area contributed by atoms with Crippen molar-refractivity contribution in [2.75, 3.05) is 6.54 Å². The summed E-state index contributed by atoms with van der Waals surface area (Å²) in [6, 6.07) is 11.3. The number of halogens is 3. The number of aromatic nitrogens is 4. The quantitative estimate of drug-likeness (QED) is 0.190. The summed E-state index contributed by atoms with van der Waals surface area (Å²) in [5, 5.41) is 10.6. The number of carbonyl (C=O) groups excluding carboxylic acids is 1. The number of alkyl halides is 3. The van der Waals surface area contributed by atoms with E-state index in [1.165, 1.54) is 17.4 Å². The van der Waals surface area contributed by atoms with E-state index >= 15 is 0 Å². The Bertz CT molecular complexity index is 1660. The lowest BCUT2D eigenvalue weighted by Crippen LogP contribution is -2.31. The number of pyridine rings is 1. The molecule has 0 aliphatic carbocycles. The number of amides is 1. The van der Waals surface area contributed by atoms with Crippen molar-refractivity contribution in [2.24, 2.45) is 0 Å². The monoisotopic (exact) mass is 607 g/mol. The van der Waals surface area contributed by atoms with Gasteiger partial charge in [0.15, 0.2) is 0 Å². The van der Waals surface area contributed by atoms with Gasteiger partial charge in [-0.3, -0.25) is 4.79 Å². The summed E-state index contributed by atoms with van der Waals surface area (Å²) in [7, 11) is -6.07. The number of carbonyl (C=O) groups is 1. The maximum absolute atomic E-state index is 13.6. The van der Waals surface area contributed by atoms with Crippen LogP contribution in [0, 0.1) is 6.92 Å². The van der Waals surface area contributed by atoms with E-state index in [9.17, 15) is 26.4 Å². The van der Waals surface area contributed by atoms with E-state index < -0.39 is 27.4 Å². The number of aryl methyl sites for hydroxylation is 1. The average molecular weight is 608 g/mol. The number of benzene rings is 1. The Hall–Kier alpha value is -3.85. The van der Waals surface area contributed by atoms with Crippen molar-refractivity contribution >= 4 is 27.4 Å². The third-order valence-electron chi connectivity index (χ3n) is 6.43. The molecule has 41 heavy (non-hydrogen) atoms. The van der Waals surface area contributed by atoms with Gasteiger partial charge in [0.2, 0.25) is 11.8 Å². The van der Waals surface area contributed by atoms with Crippen molar-refractivity contribution in [3.63, 3.8) is 0 Å². The molecule has 1 aliphatic heterocycles. The molecule has 0 radical (unpaired) electrons. The van der Waals surface area contributed by atoms with E-state index in [0.29, 0.717) is 25.8 Å². The van der Waals surface area contributed by atoms with Crippen LogP contribution in [0.25, 0.3) is 11.6 Å².